The largest absolute Gasteiger partial charge is 0.478 e. The first-order valence-electron chi connectivity index (χ1n) is 6.03. The summed E-state index contributed by atoms with van der Waals surface area (Å²) >= 11 is 0. The van der Waals surface area contributed by atoms with E-state index in [1.54, 1.807) is 0 Å². The van der Waals surface area contributed by atoms with E-state index in [4.69, 9.17) is 15.3 Å². The van der Waals surface area contributed by atoms with Crippen LogP contribution in [0.3, 0.4) is 0 Å². The molecule has 0 spiro atoms. The van der Waals surface area contributed by atoms with E-state index in [0.29, 0.717) is 11.8 Å². The van der Waals surface area contributed by atoms with Gasteiger partial charge in [0, 0.05) is 18.8 Å². The van der Waals surface area contributed by atoms with Crippen molar-refractivity contribution in [2.75, 3.05) is 13.2 Å². The quantitative estimate of drug-likeness (QED) is 0.601. The lowest BCUT2D eigenvalue weighted by Crippen LogP contribution is -2.14. The molecule has 0 fully saturated rings. The molecule has 0 rings (SSSR count). The second kappa shape index (κ2) is 11.6. The highest BCUT2D eigenvalue weighted by atomic mass is 16.4. The molecule has 0 aromatic rings. The summed E-state index contributed by atoms with van der Waals surface area (Å²) in [5, 5.41) is 25.7. The van der Waals surface area contributed by atoms with Gasteiger partial charge < -0.3 is 15.3 Å². The van der Waals surface area contributed by atoms with Crippen LogP contribution in [0.5, 0.6) is 0 Å². The Kier molecular flexibility index (Phi) is 12.6. The molecule has 0 amide bonds. The Morgan fingerprint density at radius 3 is 1.53 bits per heavy atom. The first-order valence-corrected chi connectivity index (χ1v) is 6.03. The average molecular weight is 246 g/mol. The van der Waals surface area contributed by atoms with E-state index in [9.17, 15) is 4.79 Å². The topological polar surface area (TPSA) is 77.8 Å². The number of rotatable bonds is 7. The minimum Gasteiger partial charge on any atom is -0.478 e. The van der Waals surface area contributed by atoms with Crippen molar-refractivity contribution < 1.29 is 20.1 Å². The molecule has 2 unspecified atom stereocenters. The number of hydrogen-bond donors (Lipinski definition) is 3. The van der Waals surface area contributed by atoms with Crippen LogP contribution in [0, 0.1) is 11.8 Å². The molecule has 0 saturated carbocycles. The fourth-order valence-electron chi connectivity index (χ4n) is 1.21. The Balaban J connectivity index is 0. The van der Waals surface area contributed by atoms with Crippen LogP contribution in [0.4, 0.5) is 0 Å². The van der Waals surface area contributed by atoms with Crippen molar-refractivity contribution in [2.24, 2.45) is 11.8 Å². The number of aliphatic hydroxyl groups is 2. The lowest BCUT2D eigenvalue weighted by molar-refractivity contribution is -0.132. The molecule has 2 atom stereocenters. The highest BCUT2D eigenvalue weighted by Crippen LogP contribution is 2.17. The summed E-state index contributed by atoms with van der Waals surface area (Å²) in [7, 11) is 0. The molecule has 3 N–H and O–H groups in total. The summed E-state index contributed by atoms with van der Waals surface area (Å²) < 4.78 is 0. The number of hydrogen-bond acceptors (Lipinski definition) is 3. The Labute approximate surface area is 104 Å². The standard InChI is InChI=1S/C9H20O2.C4H6O2/c1-3-8(6-10)5-9(4-2)7-11;1-3(2)4(5)6/h8-11H,3-7H2,1-2H3;1H2,2H3,(H,5,6). The normalized spacial score (nSPS) is 13.2. The van der Waals surface area contributed by atoms with Crippen LogP contribution < -0.4 is 0 Å². The predicted molar refractivity (Wildman–Crippen MR) is 68.8 cm³/mol. The zero-order valence-electron chi connectivity index (χ0n) is 11.1. The molecule has 17 heavy (non-hydrogen) atoms. The van der Waals surface area contributed by atoms with Crippen LogP contribution in [-0.4, -0.2) is 34.5 Å². The van der Waals surface area contributed by atoms with E-state index >= 15 is 0 Å². The third-order valence-corrected chi connectivity index (χ3v) is 2.70. The van der Waals surface area contributed by atoms with Gasteiger partial charge in [-0.1, -0.05) is 33.3 Å². The molecule has 0 radical (unpaired) electrons. The monoisotopic (exact) mass is 246 g/mol. The maximum Gasteiger partial charge on any atom is 0.330 e. The smallest absolute Gasteiger partial charge is 0.330 e. The molecule has 0 saturated heterocycles. The Bertz CT molecular complexity index is 183. The Hall–Kier alpha value is -0.870. The minimum atomic E-state index is -0.935. The van der Waals surface area contributed by atoms with Gasteiger partial charge in [0.2, 0.25) is 0 Å². The first-order chi connectivity index (χ1) is 7.92. The van der Waals surface area contributed by atoms with Crippen molar-refractivity contribution in [3.63, 3.8) is 0 Å². The minimum absolute atomic E-state index is 0.176. The van der Waals surface area contributed by atoms with Crippen LogP contribution in [0.25, 0.3) is 0 Å². The molecular weight excluding hydrogens is 220 g/mol. The van der Waals surface area contributed by atoms with Crippen molar-refractivity contribution >= 4 is 5.97 Å². The van der Waals surface area contributed by atoms with Gasteiger partial charge >= 0.3 is 5.97 Å². The van der Waals surface area contributed by atoms with Gasteiger partial charge in [0.25, 0.3) is 0 Å². The van der Waals surface area contributed by atoms with Crippen molar-refractivity contribution in [2.45, 2.75) is 40.0 Å². The highest BCUT2D eigenvalue weighted by Gasteiger charge is 2.11. The van der Waals surface area contributed by atoms with Crippen molar-refractivity contribution in [1.82, 2.24) is 0 Å². The van der Waals surface area contributed by atoms with Gasteiger partial charge in [-0.05, 0) is 25.2 Å². The van der Waals surface area contributed by atoms with Crippen LogP contribution >= 0.6 is 0 Å². The lowest BCUT2D eigenvalue weighted by atomic mass is 9.92. The van der Waals surface area contributed by atoms with Gasteiger partial charge in [-0.2, -0.15) is 0 Å². The molecule has 0 aliphatic heterocycles. The van der Waals surface area contributed by atoms with Crippen LogP contribution in [0.1, 0.15) is 40.0 Å². The first kappa shape index (κ1) is 18.5. The van der Waals surface area contributed by atoms with E-state index < -0.39 is 5.97 Å². The lowest BCUT2D eigenvalue weighted by Gasteiger charge is -2.17. The van der Waals surface area contributed by atoms with Crippen LogP contribution in [0.15, 0.2) is 12.2 Å². The van der Waals surface area contributed by atoms with Crippen LogP contribution in [-0.2, 0) is 4.79 Å². The van der Waals surface area contributed by atoms with Gasteiger partial charge in [0.05, 0.1) is 0 Å². The molecule has 4 heteroatoms. The summed E-state index contributed by atoms with van der Waals surface area (Å²) in [6, 6.07) is 0. The molecular formula is C13H26O4. The van der Waals surface area contributed by atoms with Crippen molar-refractivity contribution in [3.8, 4) is 0 Å². The molecule has 102 valence electrons. The van der Waals surface area contributed by atoms with E-state index in [-0.39, 0.29) is 18.8 Å². The second-order valence-corrected chi connectivity index (χ2v) is 4.23. The predicted octanol–water partition coefficient (Wildman–Crippen LogP) is 2.06. The SMILES string of the molecule is C=C(C)C(=O)O.CCC(CO)CC(CC)CO. The van der Waals surface area contributed by atoms with Gasteiger partial charge in [-0.25, -0.2) is 4.79 Å². The molecule has 0 heterocycles. The van der Waals surface area contributed by atoms with Gasteiger partial charge in [0.15, 0.2) is 0 Å². The number of carbonyl (C=O) groups is 1. The van der Waals surface area contributed by atoms with E-state index in [0.717, 1.165) is 19.3 Å². The van der Waals surface area contributed by atoms with Crippen LogP contribution in [0.2, 0.25) is 0 Å². The molecule has 0 aliphatic carbocycles. The zero-order valence-corrected chi connectivity index (χ0v) is 11.1. The highest BCUT2D eigenvalue weighted by molar-refractivity contribution is 5.84. The summed E-state index contributed by atoms with van der Waals surface area (Å²) in [5.41, 5.74) is 0.176. The molecule has 0 aromatic carbocycles. The summed E-state index contributed by atoms with van der Waals surface area (Å²) in [6.07, 6.45) is 2.97. The fourth-order valence-corrected chi connectivity index (χ4v) is 1.21. The Morgan fingerprint density at radius 2 is 1.41 bits per heavy atom. The number of carboxylic acids is 1. The molecule has 0 aliphatic rings. The fraction of sp³-hybridized carbons (Fsp3) is 0.769. The molecule has 4 nitrogen and oxygen atoms in total. The molecule has 0 bridgehead atoms. The summed E-state index contributed by atoms with van der Waals surface area (Å²) in [4.78, 5) is 9.60. The second-order valence-electron chi connectivity index (χ2n) is 4.23. The number of carboxylic acid groups (broad SMARTS) is 1. The van der Waals surface area contributed by atoms with Gasteiger partial charge in [-0.3, -0.25) is 0 Å². The number of aliphatic carboxylic acids is 1. The van der Waals surface area contributed by atoms with Crippen molar-refractivity contribution in [1.29, 1.82) is 0 Å². The van der Waals surface area contributed by atoms with Gasteiger partial charge in [0.1, 0.15) is 0 Å². The van der Waals surface area contributed by atoms with Gasteiger partial charge in [-0.15, -0.1) is 0 Å². The molecule has 0 aromatic heterocycles. The average Bonchev–Trinajstić information content (AvgIpc) is 2.31. The Morgan fingerprint density at radius 1 is 1.12 bits per heavy atom. The number of aliphatic hydroxyl groups excluding tert-OH is 2. The zero-order chi connectivity index (χ0) is 13.8. The third kappa shape index (κ3) is 11.4. The summed E-state index contributed by atoms with van der Waals surface area (Å²) in [5.74, 6) is -0.172. The van der Waals surface area contributed by atoms with Crippen molar-refractivity contribution in [3.05, 3.63) is 12.2 Å². The van der Waals surface area contributed by atoms with E-state index in [1.807, 2.05) is 0 Å². The third-order valence-electron chi connectivity index (χ3n) is 2.70. The van der Waals surface area contributed by atoms with E-state index in [2.05, 4.69) is 20.4 Å². The maximum atomic E-state index is 9.60. The van der Waals surface area contributed by atoms with E-state index in [1.165, 1.54) is 6.92 Å². The summed E-state index contributed by atoms with van der Waals surface area (Å²) in [6.45, 7) is 9.26. The maximum absolute atomic E-state index is 9.60.